The molecule has 0 aliphatic rings. The van der Waals surface area contributed by atoms with E-state index in [-0.39, 0.29) is 6.42 Å². The zero-order valence-corrected chi connectivity index (χ0v) is 7.68. The highest BCUT2D eigenvalue weighted by Gasteiger charge is 1.91. The molecule has 1 atom stereocenters. The van der Waals surface area contributed by atoms with Gasteiger partial charge in [-0.2, -0.15) is 0 Å². The van der Waals surface area contributed by atoms with Crippen molar-refractivity contribution in [3.8, 4) is 11.8 Å². The molecular weight excluding hydrogens is 208 g/mol. The fourth-order valence-electron chi connectivity index (χ4n) is 0.343. The van der Waals surface area contributed by atoms with Gasteiger partial charge in [-0.05, 0) is 18.8 Å². The Labute approximate surface area is 85.0 Å². The molecule has 0 aromatic heterocycles. The van der Waals surface area contributed by atoms with Gasteiger partial charge in [0.1, 0.15) is 11.9 Å². The minimum absolute atomic E-state index is 0.278. The molecule has 0 spiro atoms. The maximum Gasteiger partial charge on any atom is 0.116 e. The van der Waals surface area contributed by atoms with Crippen LogP contribution < -0.4 is 15.3 Å². The van der Waals surface area contributed by atoms with Gasteiger partial charge in [0, 0.05) is 12.4 Å². The second-order valence-electron chi connectivity index (χ2n) is 2.25. The molecule has 0 aliphatic carbocycles. The Morgan fingerprint density at radius 3 is 1.53 bits per heavy atom. The molecule has 7 nitrogen and oxygen atoms in total. The lowest BCUT2D eigenvalue weighted by atomic mass is 10.3. The number of carboxylic acid groups (broad SMARTS) is 3. The number of aliphatic carboxylic acids is 3. The van der Waals surface area contributed by atoms with Crippen molar-refractivity contribution >= 4 is 17.9 Å². The van der Waals surface area contributed by atoms with E-state index >= 15 is 0 Å². The second-order valence-corrected chi connectivity index (χ2v) is 2.25. The number of aliphatic hydroxyl groups is 1. The molecule has 15 heavy (non-hydrogen) atoms. The van der Waals surface area contributed by atoms with E-state index < -0.39 is 24.0 Å². The summed E-state index contributed by atoms with van der Waals surface area (Å²) in [6, 6.07) is 0. The maximum atomic E-state index is 9.54. The van der Waals surface area contributed by atoms with Crippen molar-refractivity contribution in [1.82, 2.24) is 0 Å². The van der Waals surface area contributed by atoms with E-state index in [0.717, 1.165) is 0 Å². The van der Waals surface area contributed by atoms with Crippen LogP contribution in [0.25, 0.3) is 0 Å². The predicted molar refractivity (Wildman–Crippen MR) is 39.1 cm³/mol. The van der Waals surface area contributed by atoms with Gasteiger partial charge in [0.2, 0.25) is 0 Å². The summed E-state index contributed by atoms with van der Waals surface area (Å²) in [6.45, 7) is 1.40. The van der Waals surface area contributed by atoms with E-state index in [1.807, 2.05) is 0 Å². The summed E-state index contributed by atoms with van der Waals surface area (Å²) in [5, 5.41) is 36.5. The van der Waals surface area contributed by atoms with Gasteiger partial charge in [-0.15, -0.1) is 0 Å². The van der Waals surface area contributed by atoms with Crippen molar-refractivity contribution in [3.63, 3.8) is 0 Å². The Bertz CT molecular complexity index is 276. The Balaban J connectivity index is 0. The van der Waals surface area contributed by atoms with Crippen LogP contribution in [0.15, 0.2) is 0 Å². The van der Waals surface area contributed by atoms with Crippen LogP contribution in [0.5, 0.6) is 0 Å². The predicted octanol–water partition coefficient (Wildman–Crippen LogP) is -5.00. The highest BCUT2D eigenvalue weighted by molar-refractivity contribution is 5.94. The number of rotatable bonds is 2. The molecule has 0 bridgehead atoms. The van der Waals surface area contributed by atoms with Crippen molar-refractivity contribution in [2.45, 2.75) is 19.4 Å². The maximum absolute atomic E-state index is 9.54. The molecule has 84 valence electrons. The quantitative estimate of drug-likeness (QED) is 0.454. The molecule has 0 amide bonds. The van der Waals surface area contributed by atoms with Gasteiger partial charge >= 0.3 is 0 Å². The number of hydrogen-bond donors (Lipinski definition) is 1. The first-order valence-electron chi connectivity index (χ1n) is 3.57. The molecule has 0 heterocycles. The van der Waals surface area contributed by atoms with Crippen LogP contribution in [0.4, 0.5) is 0 Å². The average molecular weight is 215 g/mol. The van der Waals surface area contributed by atoms with Crippen LogP contribution in [0.1, 0.15) is 13.3 Å². The summed E-state index contributed by atoms with van der Waals surface area (Å²) < 4.78 is 0. The molecule has 0 radical (unpaired) electrons. The lowest BCUT2D eigenvalue weighted by Crippen LogP contribution is -2.25. The number of aliphatic hydroxyl groups excluding tert-OH is 1. The van der Waals surface area contributed by atoms with Gasteiger partial charge < -0.3 is 34.8 Å². The summed E-state index contributed by atoms with van der Waals surface area (Å²) in [5.74, 6) is -2.19. The first-order valence-corrected chi connectivity index (χ1v) is 3.57. The molecule has 1 unspecified atom stereocenters. The molecule has 0 aliphatic heterocycles. The fourth-order valence-corrected chi connectivity index (χ4v) is 0.343. The van der Waals surface area contributed by atoms with Gasteiger partial charge in [0.05, 0.1) is 6.10 Å². The largest absolute Gasteiger partial charge is 0.550 e. The van der Waals surface area contributed by atoms with E-state index in [2.05, 4.69) is 0 Å². The standard InChI is InChI=1S/C4H2O4.C4H8O3/c5-3(6)1-2-4(7)8;1-3(5)2-4(6)7/h(H,5,6)(H,7,8);3,5H,2H2,1H3,(H,6,7)/p-3. The fraction of sp³-hybridized carbons (Fsp3) is 0.375. The van der Waals surface area contributed by atoms with Crippen LogP contribution in [0.3, 0.4) is 0 Å². The monoisotopic (exact) mass is 215 g/mol. The van der Waals surface area contributed by atoms with E-state index in [1.54, 1.807) is 0 Å². The first kappa shape index (κ1) is 15.4. The molecule has 0 fully saturated rings. The lowest BCUT2D eigenvalue weighted by molar-refractivity contribution is -0.307. The van der Waals surface area contributed by atoms with Gasteiger partial charge in [-0.1, -0.05) is 0 Å². The van der Waals surface area contributed by atoms with Crippen LogP contribution in [-0.2, 0) is 14.4 Å². The van der Waals surface area contributed by atoms with Gasteiger partial charge in [0.25, 0.3) is 0 Å². The SMILES string of the molecule is CC(O)CC(=O)[O-].O=C([O-])C#CC(=O)[O-]. The molecular formula is C8H7O7-3. The van der Waals surface area contributed by atoms with Crippen molar-refractivity contribution in [1.29, 1.82) is 0 Å². The zero-order valence-electron chi connectivity index (χ0n) is 7.68. The topological polar surface area (TPSA) is 141 Å². The molecule has 0 saturated heterocycles. The Morgan fingerprint density at radius 2 is 1.47 bits per heavy atom. The van der Waals surface area contributed by atoms with Gasteiger partial charge in [-0.25, -0.2) is 0 Å². The molecule has 0 rings (SSSR count). The van der Waals surface area contributed by atoms with E-state index in [0.29, 0.717) is 0 Å². The third-order valence-electron chi connectivity index (χ3n) is 0.729. The van der Waals surface area contributed by atoms with E-state index in [1.165, 1.54) is 18.8 Å². The number of hydrogen-bond acceptors (Lipinski definition) is 7. The summed E-state index contributed by atoms with van der Waals surface area (Å²) in [6.07, 6.45) is -1.06. The Hall–Kier alpha value is -2.07. The highest BCUT2D eigenvalue weighted by atomic mass is 16.4. The van der Waals surface area contributed by atoms with Crippen molar-refractivity contribution < 1.29 is 34.8 Å². The molecule has 0 aromatic rings. The zero-order chi connectivity index (χ0) is 12.4. The minimum Gasteiger partial charge on any atom is -0.550 e. The highest BCUT2D eigenvalue weighted by Crippen LogP contribution is 1.83. The molecule has 0 saturated carbocycles. The van der Waals surface area contributed by atoms with Gasteiger partial charge in [-0.3, -0.25) is 0 Å². The second kappa shape index (κ2) is 8.52. The Morgan fingerprint density at radius 1 is 1.13 bits per heavy atom. The third-order valence-corrected chi connectivity index (χ3v) is 0.729. The molecule has 7 heteroatoms. The van der Waals surface area contributed by atoms with Crippen molar-refractivity contribution in [2.24, 2.45) is 0 Å². The first-order chi connectivity index (χ1) is 6.75. The van der Waals surface area contributed by atoms with E-state index in [4.69, 9.17) is 5.11 Å². The van der Waals surface area contributed by atoms with Crippen molar-refractivity contribution in [3.05, 3.63) is 0 Å². The average Bonchev–Trinajstić information content (AvgIpc) is 1.99. The Kier molecular flexibility index (Phi) is 8.75. The summed E-state index contributed by atoms with van der Waals surface area (Å²) >= 11 is 0. The molecule has 0 aromatic carbocycles. The van der Waals surface area contributed by atoms with Crippen LogP contribution >= 0.6 is 0 Å². The smallest absolute Gasteiger partial charge is 0.116 e. The summed E-state index contributed by atoms with van der Waals surface area (Å²) in [4.78, 5) is 28.2. The van der Waals surface area contributed by atoms with Crippen molar-refractivity contribution in [2.75, 3.05) is 0 Å². The van der Waals surface area contributed by atoms with Crippen LogP contribution in [-0.4, -0.2) is 29.1 Å². The number of carbonyl (C=O) groups is 3. The lowest BCUT2D eigenvalue weighted by Gasteiger charge is -2.01. The summed E-state index contributed by atoms with van der Waals surface area (Å²) in [7, 11) is 0. The van der Waals surface area contributed by atoms with Crippen LogP contribution in [0, 0.1) is 11.8 Å². The number of carboxylic acids is 3. The molecule has 1 N–H and O–H groups in total. The number of carbonyl (C=O) groups excluding carboxylic acids is 3. The van der Waals surface area contributed by atoms with Gasteiger partial charge in [0.15, 0.2) is 0 Å². The van der Waals surface area contributed by atoms with Crippen LogP contribution in [0.2, 0.25) is 0 Å². The summed E-state index contributed by atoms with van der Waals surface area (Å²) in [5.41, 5.74) is 0. The van der Waals surface area contributed by atoms with E-state index in [9.17, 15) is 29.7 Å². The third kappa shape index (κ3) is 24.5. The minimum atomic E-state index is -1.73. The normalized spacial score (nSPS) is 9.73.